The van der Waals surface area contributed by atoms with Gasteiger partial charge in [0.15, 0.2) is 5.69 Å². The first kappa shape index (κ1) is 20.5. The second-order valence-corrected chi connectivity index (χ2v) is 7.36. The van der Waals surface area contributed by atoms with E-state index in [0.717, 1.165) is 16.5 Å². The van der Waals surface area contributed by atoms with Crippen molar-refractivity contribution in [1.29, 1.82) is 0 Å². The minimum Gasteiger partial charge on any atom is -0.354 e. The van der Waals surface area contributed by atoms with E-state index in [1.807, 2.05) is 36.4 Å². The van der Waals surface area contributed by atoms with Gasteiger partial charge in [-0.25, -0.2) is 0 Å². The van der Waals surface area contributed by atoms with Gasteiger partial charge < -0.3 is 16.4 Å². The van der Waals surface area contributed by atoms with Crippen molar-refractivity contribution in [1.82, 2.24) is 20.8 Å². The predicted molar refractivity (Wildman–Crippen MR) is 114 cm³/mol. The van der Waals surface area contributed by atoms with Gasteiger partial charge in [-0.1, -0.05) is 56.3 Å². The molecule has 7 nitrogen and oxygen atoms in total. The fraction of sp³-hybridized carbons (Fsp3) is 0.318. The van der Waals surface area contributed by atoms with Crippen LogP contribution in [0, 0.1) is 0 Å². The number of aromatic nitrogens is 2. The van der Waals surface area contributed by atoms with Crippen LogP contribution in [-0.4, -0.2) is 35.1 Å². The minimum atomic E-state index is -0.308. The molecule has 0 aliphatic heterocycles. The van der Waals surface area contributed by atoms with E-state index in [2.05, 4.69) is 46.8 Å². The summed E-state index contributed by atoms with van der Waals surface area (Å²) < 4.78 is 0. The number of H-pyrrole nitrogens is 1. The molecule has 1 unspecified atom stereocenters. The monoisotopic (exact) mass is 393 g/mol. The number of hydrogen-bond donors (Lipinski definition) is 4. The number of nitrogens with one attached hydrogen (secondary N) is 3. The largest absolute Gasteiger partial charge is 0.354 e. The van der Waals surface area contributed by atoms with Gasteiger partial charge in [0.1, 0.15) is 0 Å². The number of rotatable bonds is 8. The molecule has 2 amide bonds. The van der Waals surface area contributed by atoms with Gasteiger partial charge in [-0.3, -0.25) is 14.7 Å². The Bertz CT molecular complexity index is 978. The number of hydrogen-bond acceptors (Lipinski definition) is 4. The standard InChI is InChI=1S/C22H27N5O2/c1-14(2)15-7-9-16(10-8-15)18(23)13-25-20(28)11-12-24-22(29)21-17-5-3-4-6-19(17)26-27-21/h3-10,14,18H,11-13,23H2,1-2H3,(H,24,29)(H,25,28)(H,26,27). The van der Waals surface area contributed by atoms with Crippen molar-refractivity contribution < 1.29 is 9.59 Å². The zero-order valence-corrected chi connectivity index (χ0v) is 16.7. The average molecular weight is 393 g/mol. The Morgan fingerprint density at radius 2 is 1.72 bits per heavy atom. The molecule has 7 heteroatoms. The summed E-state index contributed by atoms with van der Waals surface area (Å²) in [5.41, 5.74) is 9.53. The molecule has 5 N–H and O–H groups in total. The summed E-state index contributed by atoms with van der Waals surface area (Å²) >= 11 is 0. The van der Waals surface area contributed by atoms with E-state index < -0.39 is 0 Å². The third-order valence-corrected chi connectivity index (χ3v) is 4.87. The van der Waals surface area contributed by atoms with Gasteiger partial charge in [-0.15, -0.1) is 0 Å². The highest BCUT2D eigenvalue weighted by molar-refractivity contribution is 6.04. The van der Waals surface area contributed by atoms with E-state index in [9.17, 15) is 9.59 Å². The molecule has 29 heavy (non-hydrogen) atoms. The molecule has 2 aromatic carbocycles. The first-order valence-electron chi connectivity index (χ1n) is 9.79. The quantitative estimate of drug-likeness (QED) is 0.471. The maximum absolute atomic E-state index is 12.3. The third-order valence-electron chi connectivity index (χ3n) is 4.87. The van der Waals surface area contributed by atoms with Crippen LogP contribution in [0.15, 0.2) is 48.5 Å². The number of fused-ring (bicyclic) bond motifs is 1. The lowest BCUT2D eigenvalue weighted by atomic mass is 9.99. The van der Waals surface area contributed by atoms with Crippen LogP contribution in [0.4, 0.5) is 0 Å². The molecular formula is C22H27N5O2. The van der Waals surface area contributed by atoms with Crippen LogP contribution >= 0.6 is 0 Å². The topological polar surface area (TPSA) is 113 Å². The Balaban J connectivity index is 1.42. The highest BCUT2D eigenvalue weighted by Gasteiger charge is 2.14. The normalized spacial score (nSPS) is 12.1. The van der Waals surface area contributed by atoms with Crippen molar-refractivity contribution in [3.05, 3.63) is 65.4 Å². The molecule has 1 atom stereocenters. The SMILES string of the molecule is CC(C)c1ccc(C(N)CNC(=O)CCNC(=O)c2n[nH]c3ccccc23)cc1. The summed E-state index contributed by atoms with van der Waals surface area (Å²) in [5, 5.41) is 13.2. The molecule has 0 bridgehead atoms. The molecule has 0 fully saturated rings. The van der Waals surface area contributed by atoms with E-state index in [0.29, 0.717) is 18.2 Å². The van der Waals surface area contributed by atoms with Gasteiger partial charge in [0.05, 0.1) is 5.52 Å². The number of nitrogens with zero attached hydrogens (tertiary/aromatic N) is 1. The van der Waals surface area contributed by atoms with Gasteiger partial charge in [0.2, 0.25) is 5.91 Å². The van der Waals surface area contributed by atoms with Crippen LogP contribution in [0.1, 0.15) is 53.8 Å². The van der Waals surface area contributed by atoms with Gasteiger partial charge in [-0.2, -0.15) is 5.10 Å². The third kappa shape index (κ3) is 5.20. The van der Waals surface area contributed by atoms with Crippen LogP contribution in [0.3, 0.4) is 0 Å². The number of para-hydroxylation sites is 1. The minimum absolute atomic E-state index is 0.161. The van der Waals surface area contributed by atoms with Crippen LogP contribution < -0.4 is 16.4 Å². The summed E-state index contributed by atoms with van der Waals surface area (Å²) in [6.45, 7) is 4.85. The highest BCUT2D eigenvalue weighted by Crippen LogP contribution is 2.17. The van der Waals surface area contributed by atoms with Gasteiger partial charge in [0.25, 0.3) is 5.91 Å². The lowest BCUT2D eigenvalue weighted by molar-refractivity contribution is -0.121. The summed E-state index contributed by atoms with van der Waals surface area (Å²) in [5.74, 6) is -0.00160. The highest BCUT2D eigenvalue weighted by atomic mass is 16.2. The van der Waals surface area contributed by atoms with Crippen molar-refractivity contribution in [3.8, 4) is 0 Å². The smallest absolute Gasteiger partial charge is 0.272 e. The summed E-state index contributed by atoms with van der Waals surface area (Å²) in [7, 11) is 0. The van der Waals surface area contributed by atoms with E-state index in [4.69, 9.17) is 5.73 Å². The summed E-state index contributed by atoms with van der Waals surface area (Å²) in [6, 6.07) is 15.3. The molecule has 3 rings (SSSR count). The van der Waals surface area contributed by atoms with Crippen molar-refractivity contribution in [3.63, 3.8) is 0 Å². The fourth-order valence-corrected chi connectivity index (χ4v) is 3.07. The molecule has 0 aliphatic carbocycles. The fourth-order valence-electron chi connectivity index (χ4n) is 3.07. The predicted octanol–water partition coefficient (Wildman–Crippen LogP) is 2.62. The van der Waals surface area contributed by atoms with E-state index in [1.165, 1.54) is 5.56 Å². The molecule has 0 aliphatic rings. The van der Waals surface area contributed by atoms with Crippen molar-refractivity contribution in [2.75, 3.05) is 13.1 Å². The van der Waals surface area contributed by atoms with E-state index in [-0.39, 0.29) is 30.8 Å². The summed E-state index contributed by atoms with van der Waals surface area (Å²) in [6.07, 6.45) is 0.174. The number of benzene rings is 2. The molecule has 152 valence electrons. The van der Waals surface area contributed by atoms with Crippen molar-refractivity contribution >= 4 is 22.7 Å². The Labute approximate surface area is 170 Å². The van der Waals surface area contributed by atoms with E-state index in [1.54, 1.807) is 0 Å². The summed E-state index contributed by atoms with van der Waals surface area (Å²) in [4.78, 5) is 24.3. The van der Waals surface area contributed by atoms with Crippen molar-refractivity contribution in [2.24, 2.45) is 5.73 Å². The Hall–Kier alpha value is -3.19. The Kier molecular flexibility index (Phi) is 6.61. The molecule has 1 heterocycles. The molecular weight excluding hydrogens is 366 g/mol. The molecule has 3 aromatic rings. The number of amides is 2. The number of carbonyl (C=O) groups is 2. The number of carbonyl (C=O) groups excluding carboxylic acids is 2. The second-order valence-electron chi connectivity index (χ2n) is 7.36. The number of aromatic amines is 1. The second kappa shape index (κ2) is 9.34. The zero-order chi connectivity index (χ0) is 20.8. The maximum Gasteiger partial charge on any atom is 0.272 e. The van der Waals surface area contributed by atoms with Crippen molar-refractivity contribution in [2.45, 2.75) is 32.2 Å². The lowest BCUT2D eigenvalue weighted by Gasteiger charge is -2.14. The molecule has 0 radical (unpaired) electrons. The first-order chi connectivity index (χ1) is 14.0. The maximum atomic E-state index is 12.3. The van der Waals surface area contributed by atoms with Crippen LogP contribution in [0.2, 0.25) is 0 Å². The number of nitrogens with two attached hydrogens (primary N) is 1. The van der Waals surface area contributed by atoms with Gasteiger partial charge in [0, 0.05) is 30.9 Å². The Morgan fingerprint density at radius 3 is 2.45 bits per heavy atom. The van der Waals surface area contributed by atoms with Gasteiger partial charge >= 0.3 is 0 Å². The molecule has 0 spiro atoms. The van der Waals surface area contributed by atoms with Crippen LogP contribution in [0.5, 0.6) is 0 Å². The Morgan fingerprint density at radius 1 is 1.03 bits per heavy atom. The van der Waals surface area contributed by atoms with Crippen LogP contribution in [-0.2, 0) is 4.79 Å². The van der Waals surface area contributed by atoms with Crippen LogP contribution in [0.25, 0.3) is 10.9 Å². The molecule has 0 saturated carbocycles. The zero-order valence-electron chi connectivity index (χ0n) is 16.7. The molecule has 0 saturated heterocycles. The molecule has 1 aromatic heterocycles. The van der Waals surface area contributed by atoms with E-state index >= 15 is 0 Å². The van der Waals surface area contributed by atoms with Gasteiger partial charge in [-0.05, 0) is 23.1 Å². The average Bonchev–Trinajstić information content (AvgIpc) is 3.16. The lowest BCUT2D eigenvalue weighted by Crippen LogP contribution is -2.34. The first-order valence-corrected chi connectivity index (χ1v) is 9.79.